The number of aromatic nitrogens is 2. The van der Waals surface area contributed by atoms with Crippen molar-refractivity contribution in [1.82, 2.24) is 9.38 Å². The Kier molecular flexibility index (Phi) is 2.38. The molecule has 0 aliphatic heterocycles. The van der Waals surface area contributed by atoms with Crippen LogP contribution < -0.4 is 0 Å². The van der Waals surface area contributed by atoms with Crippen LogP contribution >= 0.6 is 11.6 Å². The van der Waals surface area contributed by atoms with Gasteiger partial charge < -0.3 is 4.40 Å². The lowest BCUT2D eigenvalue weighted by Crippen LogP contribution is -2.07. The minimum Gasteiger partial charge on any atom is -0.302 e. The maximum atomic E-state index is 12.5. The van der Waals surface area contributed by atoms with E-state index in [0.717, 1.165) is 12.3 Å². The van der Waals surface area contributed by atoms with E-state index in [4.69, 9.17) is 11.6 Å². The summed E-state index contributed by atoms with van der Waals surface area (Å²) in [6, 6.07) is 0.892. The fourth-order valence-electron chi connectivity index (χ4n) is 1.49. The van der Waals surface area contributed by atoms with Gasteiger partial charge in [0, 0.05) is 11.9 Å². The molecule has 2 aromatic rings. The van der Waals surface area contributed by atoms with E-state index in [-0.39, 0.29) is 5.02 Å². The summed E-state index contributed by atoms with van der Waals surface area (Å²) in [5.74, 6) is 0. The molecule has 0 bridgehead atoms. The molecular formula is C10H8ClF3N2. The summed E-state index contributed by atoms with van der Waals surface area (Å²) in [6.45, 7) is 3.43. The number of fused-ring (bicyclic) bond motifs is 1. The normalized spacial score (nSPS) is 12.4. The fraction of sp³-hybridized carbons (Fsp3) is 0.300. The average molecular weight is 249 g/mol. The summed E-state index contributed by atoms with van der Waals surface area (Å²) < 4.78 is 39.0. The lowest BCUT2D eigenvalue weighted by atomic mass is 10.2. The highest BCUT2D eigenvalue weighted by molar-refractivity contribution is 6.33. The number of nitrogens with zero attached hydrogens (tertiary/aromatic N) is 2. The van der Waals surface area contributed by atoms with Crippen molar-refractivity contribution in [3.63, 3.8) is 0 Å². The smallest absolute Gasteiger partial charge is 0.302 e. The average Bonchev–Trinajstić information content (AvgIpc) is 2.44. The lowest BCUT2D eigenvalue weighted by molar-refractivity contribution is -0.137. The molecule has 0 aliphatic carbocycles. The van der Waals surface area contributed by atoms with E-state index in [1.54, 1.807) is 13.8 Å². The molecular weight excluding hydrogens is 241 g/mol. The van der Waals surface area contributed by atoms with Crippen LogP contribution in [0.1, 0.15) is 17.0 Å². The van der Waals surface area contributed by atoms with Gasteiger partial charge in [0.25, 0.3) is 0 Å². The highest BCUT2D eigenvalue weighted by atomic mass is 35.5. The summed E-state index contributed by atoms with van der Waals surface area (Å²) in [4.78, 5) is 4.10. The third-order valence-corrected chi connectivity index (χ3v) is 2.76. The number of imidazole rings is 1. The summed E-state index contributed by atoms with van der Waals surface area (Å²) in [5.41, 5.74) is 0.902. The van der Waals surface area contributed by atoms with Gasteiger partial charge >= 0.3 is 6.18 Å². The summed E-state index contributed by atoms with van der Waals surface area (Å²) in [5, 5.41) is 0.00558. The lowest BCUT2D eigenvalue weighted by Gasteiger charge is -2.08. The summed E-state index contributed by atoms with van der Waals surface area (Å²) in [7, 11) is 0. The highest BCUT2D eigenvalue weighted by Crippen LogP contribution is 2.32. The Morgan fingerprint density at radius 2 is 1.94 bits per heavy atom. The van der Waals surface area contributed by atoms with Crippen molar-refractivity contribution in [2.75, 3.05) is 0 Å². The summed E-state index contributed by atoms with van der Waals surface area (Å²) >= 11 is 5.77. The number of halogens is 4. The first-order chi connectivity index (χ1) is 7.30. The van der Waals surface area contributed by atoms with E-state index in [0.29, 0.717) is 17.0 Å². The number of hydrogen-bond donors (Lipinski definition) is 0. The van der Waals surface area contributed by atoms with Crippen molar-refractivity contribution in [2.45, 2.75) is 20.0 Å². The van der Waals surface area contributed by atoms with Crippen LogP contribution in [0.2, 0.25) is 5.02 Å². The highest BCUT2D eigenvalue weighted by Gasteiger charge is 2.32. The number of aryl methyl sites for hydroxylation is 2. The second kappa shape index (κ2) is 3.38. The van der Waals surface area contributed by atoms with Gasteiger partial charge in [-0.2, -0.15) is 13.2 Å². The zero-order valence-corrected chi connectivity index (χ0v) is 9.32. The first-order valence-electron chi connectivity index (χ1n) is 4.52. The van der Waals surface area contributed by atoms with Gasteiger partial charge in [-0.25, -0.2) is 4.98 Å². The van der Waals surface area contributed by atoms with Gasteiger partial charge in [0.15, 0.2) is 5.65 Å². The molecule has 0 N–H and O–H groups in total. The van der Waals surface area contributed by atoms with Crippen molar-refractivity contribution in [2.24, 2.45) is 0 Å². The zero-order chi connectivity index (χ0) is 12.1. The quantitative estimate of drug-likeness (QED) is 0.696. The van der Waals surface area contributed by atoms with Crippen molar-refractivity contribution in [3.05, 3.63) is 34.2 Å². The third-order valence-electron chi connectivity index (χ3n) is 2.48. The van der Waals surface area contributed by atoms with Crippen molar-refractivity contribution in [3.8, 4) is 0 Å². The van der Waals surface area contributed by atoms with Crippen LogP contribution in [0.25, 0.3) is 5.65 Å². The molecule has 2 nitrogen and oxygen atoms in total. The van der Waals surface area contributed by atoms with Gasteiger partial charge in [-0.15, -0.1) is 0 Å². The molecule has 6 heteroatoms. The minimum atomic E-state index is -4.40. The zero-order valence-electron chi connectivity index (χ0n) is 8.56. The van der Waals surface area contributed by atoms with Gasteiger partial charge in [-0.1, -0.05) is 11.6 Å². The standard InChI is InChI=1S/C10H8ClF3N2/c1-5-6(2)16-4-7(10(12,13)14)3-8(11)9(16)15-5/h3-4H,1-2H3. The Morgan fingerprint density at radius 1 is 1.31 bits per heavy atom. The van der Waals surface area contributed by atoms with Crippen molar-refractivity contribution < 1.29 is 13.2 Å². The predicted octanol–water partition coefficient (Wildman–Crippen LogP) is 3.62. The van der Waals surface area contributed by atoms with Crippen LogP contribution in [0.3, 0.4) is 0 Å². The summed E-state index contributed by atoms with van der Waals surface area (Å²) in [6.07, 6.45) is -3.39. The molecule has 0 amide bonds. The van der Waals surface area contributed by atoms with Crippen LogP contribution in [0.5, 0.6) is 0 Å². The largest absolute Gasteiger partial charge is 0.417 e. The molecule has 0 fully saturated rings. The molecule has 86 valence electrons. The first kappa shape index (κ1) is 11.3. The van der Waals surface area contributed by atoms with E-state index in [1.165, 1.54) is 4.40 Å². The van der Waals surface area contributed by atoms with E-state index >= 15 is 0 Å². The first-order valence-corrected chi connectivity index (χ1v) is 4.90. The Hall–Kier alpha value is -1.23. The fourth-order valence-corrected chi connectivity index (χ4v) is 1.74. The van der Waals surface area contributed by atoms with Crippen LogP contribution in [0.15, 0.2) is 12.3 Å². The molecule has 0 unspecified atom stereocenters. The van der Waals surface area contributed by atoms with E-state index < -0.39 is 11.7 Å². The van der Waals surface area contributed by atoms with Gasteiger partial charge in [0.2, 0.25) is 0 Å². The molecule has 0 aliphatic rings. The van der Waals surface area contributed by atoms with Gasteiger partial charge in [-0.05, 0) is 19.9 Å². The maximum absolute atomic E-state index is 12.5. The second-order valence-electron chi connectivity index (χ2n) is 3.55. The minimum absolute atomic E-state index is 0.00558. The van der Waals surface area contributed by atoms with Gasteiger partial charge in [0.1, 0.15) is 0 Å². The molecule has 0 saturated heterocycles. The Labute approximate surface area is 94.7 Å². The Bertz CT molecular complexity index is 557. The SMILES string of the molecule is Cc1nc2c(Cl)cc(C(F)(F)F)cn2c1C. The van der Waals surface area contributed by atoms with Gasteiger partial charge in [0.05, 0.1) is 16.3 Å². The monoisotopic (exact) mass is 248 g/mol. The Balaban J connectivity index is 2.80. The van der Waals surface area contributed by atoms with Crippen molar-refractivity contribution in [1.29, 1.82) is 0 Å². The van der Waals surface area contributed by atoms with E-state index in [2.05, 4.69) is 4.98 Å². The molecule has 2 rings (SSSR count). The second-order valence-corrected chi connectivity index (χ2v) is 3.96. The van der Waals surface area contributed by atoms with Crippen LogP contribution in [-0.2, 0) is 6.18 Å². The third kappa shape index (κ3) is 1.65. The van der Waals surface area contributed by atoms with E-state index in [9.17, 15) is 13.2 Å². The van der Waals surface area contributed by atoms with Crippen molar-refractivity contribution >= 4 is 17.2 Å². The molecule has 0 aromatic carbocycles. The molecule has 16 heavy (non-hydrogen) atoms. The number of rotatable bonds is 0. The van der Waals surface area contributed by atoms with Crippen LogP contribution in [0, 0.1) is 13.8 Å². The molecule has 2 heterocycles. The van der Waals surface area contributed by atoms with Gasteiger partial charge in [-0.3, -0.25) is 0 Å². The maximum Gasteiger partial charge on any atom is 0.417 e. The van der Waals surface area contributed by atoms with Crippen LogP contribution in [-0.4, -0.2) is 9.38 Å². The molecule has 0 saturated carbocycles. The molecule has 2 aromatic heterocycles. The predicted molar refractivity (Wildman–Crippen MR) is 54.7 cm³/mol. The number of pyridine rings is 1. The molecule has 0 atom stereocenters. The molecule has 0 spiro atoms. The topological polar surface area (TPSA) is 17.3 Å². The number of hydrogen-bond acceptors (Lipinski definition) is 1. The van der Waals surface area contributed by atoms with Crippen LogP contribution in [0.4, 0.5) is 13.2 Å². The molecule has 0 radical (unpaired) electrons. The number of alkyl halides is 3. The Morgan fingerprint density at radius 3 is 2.50 bits per heavy atom. The van der Waals surface area contributed by atoms with E-state index in [1.807, 2.05) is 0 Å².